The highest BCUT2D eigenvalue weighted by atomic mass is 16.6. The molecule has 1 unspecified atom stereocenters. The number of nitro benzene ring substituents is 1. The quantitative estimate of drug-likeness (QED) is 0.621. The van der Waals surface area contributed by atoms with Crippen molar-refractivity contribution >= 4 is 11.7 Å². The molecule has 0 radical (unpaired) electrons. The third-order valence-electron chi connectivity index (χ3n) is 2.89. The van der Waals surface area contributed by atoms with Crippen LogP contribution < -0.4 is 5.32 Å². The standard InChI is InChI=1S/C14H13N3O4/c18-14(19)13(16-9-10-3-2-6-15-8-10)11-4-1-5-12(7-11)17(20)21/h1-8,13,16H,9H2,(H,18,19). The minimum atomic E-state index is -1.10. The molecule has 0 fully saturated rings. The van der Waals surface area contributed by atoms with E-state index in [0.717, 1.165) is 5.56 Å². The summed E-state index contributed by atoms with van der Waals surface area (Å²) in [5.41, 5.74) is 1.02. The maximum absolute atomic E-state index is 11.4. The van der Waals surface area contributed by atoms with E-state index in [-0.39, 0.29) is 5.69 Å². The first kappa shape index (κ1) is 14.6. The fourth-order valence-corrected chi connectivity index (χ4v) is 1.89. The summed E-state index contributed by atoms with van der Waals surface area (Å²) in [6, 6.07) is 8.13. The number of nitrogens with zero attached hydrogens (tertiary/aromatic N) is 2. The summed E-state index contributed by atoms with van der Waals surface area (Å²) in [5.74, 6) is -1.10. The molecule has 0 aliphatic carbocycles. The highest BCUT2D eigenvalue weighted by Gasteiger charge is 2.21. The minimum absolute atomic E-state index is 0.137. The van der Waals surface area contributed by atoms with Gasteiger partial charge in [0.2, 0.25) is 0 Å². The fraction of sp³-hybridized carbons (Fsp3) is 0.143. The van der Waals surface area contributed by atoms with Crippen LogP contribution in [0.5, 0.6) is 0 Å². The second-order valence-electron chi connectivity index (χ2n) is 4.37. The maximum Gasteiger partial charge on any atom is 0.325 e. The van der Waals surface area contributed by atoms with Crippen molar-refractivity contribution in [3.63, 3.8) is 0 Å². The van der Waals surface area contributed by atoms with Gasteiger partial charge in [0.25, 0.3) is 5.69 Å². The molecule has 0 spiro atoms. The van der Waals surface area contributed by atoms with Crippen LogP contribution in [-0.4, -0.2) is 21.0 Å². The number of benzene rings is 1. The summed E-state index contributed by atoms with van der Waals surface area (Å²) < 4.78 is 0. The second-order valence-corrected chi connectivity index (χ2v) is 4.37. The molecule has 0 amide bonds. The first-order chi connectivity index (χ1) is 10.1. The zero-order chi connectivity index (χ0) is 15.2. The molecule has 2 aromatic rings. The third kappa shape index (κ3) is 3.83. The highest BCUT2D eigenvalue weighted by Crippen LogP contribution is 2.20. The molecular formula is C14H13N3O4. The molecule has 0 aliphatic heterocycles. The number of nitro groups is 1. The van der Waals surface area contributed by atoms with Gasteiger partial charge in [0, 0.05) is 31.1 Å². The van der Waals surface area contributed by atoms with Gasteiger partial charge in [0.05, 0.1) is 4.92 Å². The molecule has 1 heterocycles. The summed E-state index contributed by atoms with van der Waals surface area (Å²) in [6.45, 7) is 0.299. The minimum Gasteiger partial charge on any atom is -0.480 e. The lowest BCUT2D eigenvalue weighted by Gasteiger charge is -2.14. The lowest BCUT2D eigenvalue weighted by molar-refractivity contribution is -0.384. The average molecular weight is 287 g/mol. The Morgan fingerprint density at radius 3 is 2.81 bits per heavy atom. The van der Waals surface area contributed by atoms with Gasteiger partial charge in [0.15, 0.2) is 0 Å². The molecular weight excluding hydrogens is 274 g/mol. The van der Waals surface area contributed by atoms with Gasteiger partial charge in [0.1, 0.15) is 6.04 Å². The fourth-order valence-electron chi connectivity index (χ4n) is 1.89. The second kappa shape index (κ2) is 6.58. The van der Waals surface area contributed by atoms with Gasteiger partial charge >= 0.3 is 5.97 Å². The molecule has 1 aromatic carbocycles. The molecule has 2 rings (SSSR count). The molecule has 7 heteroatoms. The van der Waals surface area contributed by atoms with Crippen LogP contribution in [0.3, 0.4) is 0 Å². The van der Waals surface area contributed by atoms with Crippen LogP contribution in [0.15, 0.2) is 48.8 Å². The van der Waals surface area contributed by atoms with Gasteiger partial charge in [-0.05, 0) is 17.2 Å². The van der Waals surface area contributed by atoms with Crippen LogP contribution in [0.2, 0.25) is 0 Å². The number of hydrogen-bond acceptors (Lipinski definition) is 5. The van der Waals surface area contributed by atoms with Crippen molar-refractivity contribution in [1.82, 2.24) is 10.3 Å². The van der Waals surface area contributed by atoms with Crippen molar-refractivity contribution in [2.24, 2.45) is 0 Å². The topological polar surface area (TPSA) is 105 Å². The molecule has 21 heavy (non-hydrogen) atoms. The monoisotopic (exact) mass is 287 g/mol. The maximum atomic E-state index is 11.4. The number of rotatable bonds is 6. The predicted molar refractivity (Wildman–Crippen MR) is 74.5 cm³/mol. The summed E-state index contributed by atoms with van der Waals surface area (Å²) in [5, 5.41) is 22.9. The zero-order valence-electron chi connectivity index (χ0n) is 11.0. The number of carboxylic acid groups (broad SMARTS) is 1. The first-order valence-corrected chi connectivity index (χ1v) is 6.17. The van der Waals surface area contributed by atoms with Gasteiger partial charge in [-0.25, -0.2) is 0 Å². The normalized spacial score (nSPS) is 11.8. The number of pyridine rings is 1. The molecule has 0 aliphatic rings. The molecule has 0 saturated heterocycles. The van der Waals surface area contributed by atoms with E-state index in [0.29, 0.717) is 12.1 Å². The largest absolute Gasteiger partial charge is 0.480 e. The Kier molecular flexibility index (Phi) is 4.57. The van der Waals surface area contributed by atoms with Crippen molar-refractivity contribution in [2.45, 2.75) is 12.6 Å². The molecule has 1 atom stereocenters. The lowest BCUT2D eigenvalue weighted by atomic mass is 10.1. The molecule has 7 nitrogen and oxygen atoms in total. The number of carbonyl (C=O) groups is 1. The van der Waals surface area contributed by atoms with Crippen LogP contribution in [0.4, 0.5) is 5.69 Å². The van der Waals surface area contributed by atoms with Gasteiger partial charge in [-0.15, -0.1) is 0 Å². The van der Waals surface area contributed by atoms with Crippen molar-refractivity contribution in [3.05, 3.63) is 70.0 Å². The number of aliphatic carboxylic acids is 1. The molecule has 2 N–H and O–H groups in total. The van der Waals surface area contributed by atoms with E-state index in [1.54, 1.807) is 24.5 Å². The van der Waals surface area contributed by atoms with Gasteiger partial charge in [-0.1, -0.05) is 18.2 Å². The van der Waals surface area contributed by atoms with E-state index < -0.39 is 16.9 Å². The molecule has 0 bridgehead atoms. The smallest absolute Gasteiger partial charge is 0.325 e. The van der Waals surface area contributed by atoms with Crippen molar-refractivity contribution in [3.8, 4) is 0 Å². The van der Waals surface area contributed by atoms with Crippen LogP contribution in [0.1, 0.15) is 17.2 Å². The number of aromatic nitrogens is 1. The first-order valence-electron chi connectivity index (χ1n) is 6.17. The average Bonchev–Trinajstić information content (AvgIpc) is 2.48. The van der Waals surface area contributed by atoms with E-state index in [1.165, 1.54) is 18.2 Å². The van der Waals surface area contributed by atoms with Crippen molar-refractivity contribution in [2.75, 3.05) is 0 Å². The van der Waals surface area contributed by atoms with Crippen molar-refractivity contribution < 1.29 is 14.8 Å². The van der Waals surface area contributed by atoms with Crippen LogP contribution in [0, 0.1) is 10.1 Å². The number of nitrogens with one attached hydrogen (secondary N) is 1. The zero-order valence-corrected chi connectivity index (χ0v) is 11.0. The molecule has 0 saturated carbocycles. The Hall–Kier alpha value is -2.80. The SMILES string of the molecule is O=C(O)C(NCc1cccnc1)c1cccc([N+](=O)[O-])c1. The van der Waals surface area contributed by atoms with Gasteiger partial charge in [-0.2, -0.15) is 0 Å². The highest BCUT2D eigenvalue weighted by molar-refractivity contribution is 5.75. The summed E-state index contributed by atoms with van der Waals surface area (Å²) >= 11 is 0. The number of carboxylic acids is 1. The Balaban J connectivity index is 2.17. The van der Waals surface area contributed by atoms with E-state index in [2.05, 4.69) is 10.3 Å². The van der Waals surface area contributed by atoms with E-state index in [9.17, 15) is 20.0 Å². The Bertz CT molecular complexity index is 646. The summed E-state index contributed by atoms with van der Waals surface area (Å²) in [7, 11) is 0. The van der Waals surface area contributed by atoms with Crippen LogP contribution in [0.25, 0.3) is 0 Å². The number of non-ortho nitro benzene ring substituents is 1. The van der Waals surface area contributed by atoms with E-state index in [1.807, 2.05) is 6.07 Å². The lowest BCUT2D eigenvalue weighted by Crippen LogP contribution is -2.28. The molecule has 1 aromatic heterocycles. The van der Waals surface area contributed by atoms with Crippen LogP contribution >= 0.6 is 0 Å². The number of hydrogen-bond donors (Lipinski definition) is 2. The third-order valence-corrected chi connectivity index (χ3v) is 2.89. The Labute approximate surface area is 120 Å². The summed E-state index contributed by atoms with van der Waals surface area (Å²) in [6.07, 6.45) is 3.25. The van der Waals surface area contributed by atoms with Crippen molar-refractivity contribution in [1.29, 1.82) is 0 Å². The predicted octanol–water partition coefficient (Wildman–Crippen LogP) is 1.91. The van der Waals surface area contributed by atoms with Gasteiger partial charge < -0.3 is 5.11 Å². The van der Waals surface area contributed by atoms with E-state index >= 15 is 0 Å². The van der Waals surface area contributed by atoms with Gasteiger partial charge in [-0.3, -0.25) is 25.2 Å². The van der Waals surface area contributed by atoms with E-state index in [4.69, 9.17) is 0 Å². The van der Waals surface area contributed by atoms with Crippen LogP contribution in [-0.2, 0) is 11.3 Å². The Morgan fingerprint density at radius 1 is 1.38 bits per heavy atom. The summed E-state index contributed by atoms with van der Waals surface area (Å²) in [4.78, 5) is 25.5. The Morgan fingerprint density at radius 2 is 2.19 bits per heavy atom. The molecule has 108 valence electrons.